The van der Waals surface area contributed by atoms with Crippen LogP contribution in [0.25, 0.3) is 109 Å². The van der Waals surface area contributed by atoms with Gasteiger partial charge < -0.3 is 0 Å². The van der Waals surface area contributed by atoms with Gasteiger partial charge in [-0.2, -0.15) is 0 Å². The summed E-state index contributed by atoms with van der Waals surface area (Å²) in [6.07, 6.45) is 0. The van der Waals surface area contributed by atoms with Gasteiger partial charge in [-0.05, 0) is 154 Å². The summed E-state index contributed by atoms with van der Waals surface area (Å²) >= 11 is 0. The molecular formula is C62H38Si. The van der Waals surface area contributed by atoms with E-state index >= 15 is 0 Å². The van der Waals surface area contributed by atoms with Gasteiger partial charge in [0.2, 0.25) is 0 Å². The SMILES string of the molecule is c1ccc([Si]2(c3ccccc3)c3cc4c5ccccc5c5cc(-c6ccc(-c7cc8ccc9cccc%10ccc(c7)c8c9%10)cc6)ccc5c4cc3-c3c2ccc2ccccc32)cc1. The van der Waals surface area contributed by atoms with Crippen LogP contribution < -0.4 is 20.7 Å². The molecule has 63 heavy (non-hydrogen) atoms. The van der Waals surface area contributed by atoms with Gasteiger partial charge in [0.05, 0.1) is 0 Å². The first-order valence-electron chi connectivity index (χ1n) is 22.1. The Morgan fingerprint density at radius 3 is 1.38 bits per heavy atom. The van der Waals surface area contributed by atoms with Crippen molar-refractivity contribution in [2.45, 2.75) is 0 Å². The van der Waals surface area contributed by atoms with Crippen LogP contribution in [0.5, 0.6) is 0 Å². The number of hydrogen-bond acceptors (Lipinski definition) is 0. The highest BCUT2D eigenvalue weighted by atomic mass is 28.3. The van der Waals surface area contributed by atoms with Crippen LogP contribution >= 0.6 is 0 Å². The molecular weight excluding hydrogens is 773 g/mol. The summed E-state index contributed by atoms with van der Waals surface area (Å²) in [7, 11) is -2.73. The molecule has 0 fully saturated rings. The van der Waals surface area contributed by atoms with Gasteiger partial charge in [0.25, 0.3) is 0 Å². The maximum atomic E-state index is 2.61. The first-order chi connectivity index (χ1) is 31.2. The quantitative estimate of drug-likeness (QED) is 0.123. The van der Waals surface area contributed by atoms with E-state index in [2.05, 4.69) is 231 Å². The van der Waals surface area contributed by atoms with Crippen LogP contribution in [-0.2, 0) is 0 Å². The van der Waals surface area contributed by atoms with Crippen LogP contribution in [-0.4, -0.2) is 8.07 Å². The minimum absolute atomic E-state index is 1.22. The third kappa shape index (κ3) is 4.86. The highest BCUT2D eigenvalue weighted by Crippen LogP contribution is 2.43. The lowest BCUT2D eigenvalue weighted by atomic mass is 9.89. The zero-order valence-corrected chi connectivity index (χ0v) is 35.4. The Bertz CT molecular complexity index is 3890. The van der Waals surface area contributed by atoms with Crippen molar-refractivity contribution < 1.29 is 0 Å². The maximum absolute atomic E-state index is 2.73. The second-order valence-electron chi connectivity index (χ2n) is 17.5. The molecule has 0 saturated heterocycles. The van der Waals surface area contributed by atoms with E-state index in [1.807, 2.05) is 0 Å². The van der Waals surface area contributed by atoms with Crippen molar-refractivity contribution >= 4 is 104 Å². The van der Waals surface area contributed by atoms with Crippen molar-refractivity contribution in [2.24, 2.45) is 0 Å². The molecule has 1 heterocycles. The summed E-state index contributed by atoms with van der Waals surface area (Å²) in [6, 6.07) is 87.6. The van der Waals surface area contributed by atoms with Gasteiger partial charge in [-0.15, -0.1) is 0 Å². The molecule has 0 N–H and O–H groups in total. The van der Waals surface area contributed by atoms with Crippen molar-refractivity contribution in [2.75, 3.05) is 0 Å². The number of fused-ring (bicyclic) bond motifs is 11. The molecule has 1 heteroatoms. The van der Waals surface area contributed by atoms with E-state index in [1.54, 1.807) is 0 Å². The molecule has 0 bridgehead atoms. The van der Waals surface area contributed by atoms with Gasteiger partial charge in [0.15, 0.2) is 8.07 Å². The summed E-state index contributed by atoms with van der Waals surface area (Å²) in [4.78, 5) is 0. The molecule has 0 atom stereocenters. The van der Waals surface area contributed by atoms with E-state index in [4.69, 9.17) is 0 Å². The molecule has 0 aliphatic carbocycles. The monoisotopic (exact) mass is 810 g/mol. The van der Waals surface area contributed by atoms with Crippen molar-refractivity contribution in [3.05, 3.63) is 231 Å². The molecule has 13 aromatic carbocycles. The maximum Gasteiger partial charge on any atom is 0.180 e. The second-order valence-corrected chi connectivity index (χ2v) is 21.3. The molecule has 0 aromatic heterocycles. The van der Waals surface area contributed by atoms with Gasteiger partial charge >= 0.3 is 0 Å². The number of hydrogen-bond donors (Lipinski definition) is 0. The topological polar surface area (TPSA) is 0 Å². The first kappa shape index (κ1) is 34.8. The third-order valence-electron chi connectivity index (χ3n) is 14.4. The normalized spacial score (nSPS) is 13.2. The average molecular weight is 811 g/mol. The van der Waals surface area contributed by atoms with E-state index in [9.17, 15) is 0 Å². The first-order valence-corrected chi connectivity index (χ1v) is 24.1. The van der Waals surface area contributed by atoms with Crippen LogP contribution in [0.15, 0.2) is 231 Å². The smallest absolute Gasteiger partial charge is 0.0623 e. The second kappa shape index (κ2) is 13.1. The van der Waals surface area contributed by atoms with Crippen molar-refractivity contribution in [3.8, 4) is 33.4 Å². The van der Waals surface area contributed by atoms with Gasteiger partial charge in [-0.25, -0.2) is 0 Å². The zero-order valence-electron chi connectivity index (χ0n) is 34.4. The summed E-state index contributed by atoms with van der Waals surface area (Å²) in [5.41, 5.74) is 7.69. The van der Waals surface area contributed by atoms with E-state index in [1.165, 1.54) is 130 Å². The van der Waals surface area contributed by atoms with Crippen molar-refractivity contribution in [3.63, 3.8) is 0 Å². The van der Waals surface area contributed by atoms with E-state index < -0.39 is 8.07 Å². The van der Waals surface area contributed by atoms with Crippen LogP contribution in [0.1, 0.15) is 0 Å². The Balaban J connectivity index is 0.967. The van der Waals surface area contributed by atoms with Crippen LogP contribution in [0.4, 0.5) is 0 Å². The highest BCUT2D eigenvalue weighted by molar-refractivity contribution is 7.22. The minimum Gasteiger partial charge on any atom is -0.0623 e. The predicted molar refractivity (Wildman–Crippen MR) is 274 cm³/mol. The molecule has 13 aromatic rings. The van der Waals surface area contributed by atoms with Crippen molar-refractivity contribution in [1.29, 1.82) is 0 Å². The standard InChI is InChI=1S/C62H38Si/c1-3-15-48(16-4-1)63(49-17-5-2-6-18-49)58-33-31-41-12-7-8-19-50(41)62(58)57-37-55-53-32-30-44(36-54(53)51-20-9-10-21-52(51)56(55)38-59(57)63)39-22-24-40(25-23-39)47-34-45-28-26-42-13-11-14-43-27-29-46(35-47)61(45)60(42)43/h1-38H. The molecule has 1 aliphatic heterocycles. The summed E-state index contributed by atoms with van der Waals surface area (Å²) in [6.45, 7) is 0. The van der Waals surface area contributed by atoms with Crippen molar-refractivity contribution in [1.82, 2.24) is 0 Å². The Morgan fingerprint density at radius 1 is 0.238 bits per heavy atom. The van der Waals surface area contributed by atoms with E-state index in [0.717, 1.165) is 0 Å². The van der Waals surface area contributed by atoms with Gasteiger partial charge in [-0.3, -0.25) is 0 Å². The molecule has 0 radical (unpaired) electrons. The minimum atomic E-state index is -2.73. The van der Waals surface area contributed by atoms with E-state index in [-0.39, 0.29) is 0 Å². The Hall–Kier alpha value is -7.84. The lowest BCUT2D eigenvalue weighted by Gasteiger charge is -2.31. The molecule has 0 spiro atoms. The fourth-order valence-corrected chi connectivity index (χ4v) is 16.8. The molecule has 0 amide bonds. The van der Waals surface area contributed by atoms with E-state index in [0.29, 0.717) is 0 Å². The molecule has 0 nitrogen and oxygen atoms in total. The Labute approximate surface area is 366 Å². The summed E-state index contributed by atoms with van der Waals surface area (Å²) < 4.78 is 0. The molecule has 14 rings (SSSR count). The fourth-order valence-electron chi connectivity index (χ4n) is 11.7. The molecule has 1 aliphatic rings. The Kier molecular flexibility index (Phi) is 7.23. The molecule has 0 unspecified atom stereocenters. The Morgan fingerprint density at radius 2 is 0.714 bits per heavy atom. The summed E-state index contributed by atoms with van der Waals surface area (Å²) in [5.74, 6) is 0. The molecule has 290 valence electrons. The largest absolute Gasteiger partial charge is 0.180 e. The number of benzene rings is 13. The molecule has 0 saturated carbocycles. The van der Waals surface area contributed by atoms with Gasteiger partial charge in [0, 0.05) is 0 Å². The van der Waals surface area contributed by atoms with Gasteiger partial charge in [0.1, 0.15) is 0 Å². The average Bonchev–Trinajstić information content (AvgIpc) is 3.66. The van der Waals surface area contributed by atoms with Crippen LogP contribution in [0, 0.1) is 0 Å². The van der Waals surface area contributed by atoms with Gasteiger partial charge in [-0.1, -0.05) is 206 Å². The third-order valence-corrected chi connectivity index (χ3v) is 19.3. The predicted octanol–water partition coefficient (Wildman–Crippen LogP) is 13.9. The van der Waals surface area contributed by atoms with Crippen LogP contribution in [0.2, 0.25) is 0 Å². The zero-order chi connectivity index (χ0) is 41.2. The lowest BCUT2D eigenvalue weighted by Crippen LogP contribution is -2.72. The summed E-state index contributed by atoms with van der Waals surface area (Å²) in [5, 5.41) is 24.1. The lowest BCUT2D eigenvalue weighted by molar-refractivity contribution is 1.62. The fraction of sp³-hybridized carbons (Fsp3) is 0. The van der Waals surface area contributed by atoms with Crippen LogP contribution in [0.3, 0.4) is 0 Å². The highest BCUT2D eigenvalue weighted by Gasteiger charge is 2.49. The number of rotatable bonds is 4.